The molecule has 4 aromatic rings. The van der Waals surface area contributed by atoms with Crippen LogP contribution in [0.5, 0.6) is 5.88 Å². The van der Waals surface area contributed by atoms with Crippen LogP contribution in [0.3, 0.4) is 0 Å². The highest BCUT2D eigenvalue weighted by Crippen LogP contribution is 2.23. The Bertz CT molecular complexity index is 1300. The average Bonchev–Trinajstić information content (AvgIpc) is 3.28. The third kappa shape index (κ3) is 4.20. The van der Waals surface area contributed by atoms with Crippen molar-refractivity contribution in [2.24, 2.45) is 0 Å². The Morgan fingerprint density at radius 1 is 1.12 bits per heavy atom. The first-order valence-corrected chi connectivity index (χ1v) is 10.4. The molecule has 1 aromatic carbocycles. The summed E-state index contributed by atoms with van der Waals surface area (Å²) in [5, 5.41) is 3.89. The van der Waals surface area contributed by atoms with E-state index in [0.29, 0.717) is 55.2 Å². The predicted octanol–water partition coefficient (Wildman–Crippen LogP) is 3.18. The molecule has 1 N–H and O–H groups in total. The Balaban J connectivity index is 1.42. The van der Waals surface area contributed by atoms with Gasteiger partial charge in [0.15, 0.2) is 0 Å². The van der Waals surface area contributed by atoms with Crippen LogP contribution in [0.1, 0.15) is 10.4 Å². The molecule has 1 fully saturated rings. The second-order valence-corrected chi connectivity index (χ2v) is 7.44. The number of benzene rings is 1. The number of nitrogens with zero attached hydrogens (tertiary/aromatic N) is 5. The van der Waals surface area contributed by atoms with Gasteiger partial charge in [-0.25, -0.2) is 14.4 Å². The highest BCUT2D eigenvalue weighted by atomic mass is 19.1. The van der Waals surface area contributed by atoms with Crippen LogP contribution in [0.25, 0.3) is 16.7 Å². The van der Waals surface area contributed by atoms with Crippen molar-refractivity contribution < 1.29 is 18.7 Å². The number of hydrogen-bond donors (Lipinski definition) is 1. The van der Waals surface area contributed by atoms with Crippen LogP contribution in [0.4, 0.5) is 16.0 Å². The molecule has 1 saturated heterocycles. The van der Waals surface area contributed by atoms with Crippen LogP contribution in [0.15, 0.2) is 55.0 Å². The molecule has 0 unspecified atom stereocenters. The van der Waals surface area contributed by atoms with Crippen LogP contribution in [-0.4, -0.2) is 63.7 Å². The number of anilines is 2. The van der Waals surface area contributed by atoms with E-state index in [0.717, 1.165) is 5.39 Å². The Morgan fingerprint density at radius 3 is 2.70 bits per heavy atom. The Morgan fingerprint density at radius 2 is 1.97 bits per heavy atom. The first-order valence-electron chi connectivity index (χ1n) is 10.4. The van der Waals surface area contributed by atoms with Crippen LogP contribution in [0.2, 0.25) is 0 Å². The van der Waals surface area contributed by atoms with E-state index in [2.05, 4.69) is 20.3 Å². The van der Waals surface area contributed by atoms with E-state index >= 15 is 0 Å². The lowest BCUT2D eigenvalue weighted by Crippen LogP contribution is -2.41. The van der Waals surface area contributed by atoms with Gasteiger partial charge < -0.3 is 24.3 Å². The molecule has 1 amide bonds. The topological polar surface area (TPSA) is 94.4 Å². The van der Waals surface area contributed by atoms with Gasteiger partial charge in [-0.05, 0) is 30.3 Å². The number of ether oxygens (including phenoxy) is 2. The lowest BCUT2D eigenvalue weighted by Gasteiger charge is -2.27. The summed E-state index contributed by atoms with van der Waals surface area (Å²) in [5.41, 5.74) is 1.89. The van der Waals surface area contributed by atoms with E-state index < -0.39 is 5.82 Å². The van der Waals surface area contributed by atoms with Crippen LogP contribution in [-0.2, 0) is 4.74 Å². The summed E-state index contributed by atoms with van der Waals surface area (Å²) in [7, 11) is 1.55. The molecule has 4 heterocycles. The van der Waals surface area contributed by atoms with Crippen molar-refractivity contribution in [2.45, 2.75) is 0 Å². The minimum atomic E-state index is -0.581. The van der Waals surface area contributed by atoms with E-state index in [-0.39, 0.29) is 11.5 Å². The van der Waals surface area contributed by atoms with Crippen LogP contribution >= 0.6 is 0 Å². The first-order chi connectivity index (χ1) is 16.1. The normalized spacial score (nSPS) is 13.8. The summed E-state index contributed by atoms with van der Waals surface area (Å²) in [6.07, 6.45) is 5.09. The zero-order valence-electron chi connectivity index (χ0n) is 17.9. The number of carbonyl (C=O) groups excluding carboxylic acids is 1. The van der Waals surface area contributed by atoms with Gasteiger partial charge >= 0.3 is 0 Å². The van der Waals surface area contributed by atoms with E-state index in [9.17, 15) is 9.18 Å². The van der Waals surface area contributed by atoms with Crippen molar-refractivity contribution in [3.05, 3.63) is 66.4 Å². The Hall–Kier alpha value is -4.05. The fourth-order valence-corrected chi connectivity index (χ4v) is 3.65. The lowest BCUT2D eigenvalue weighted by atomic mass is 10.1. The summed E-state index contributed by atoms with van der Waals surface area (Å²) in [4.78, 5) is 27.3. The van der Waals surface area contributed by atoms with Crippen molar-refractivity contribution in [2.75, 3.05) is 38.7 Å². The van der Waals surface area contributed by atoms with Gasteiger partial charge in [0.05, 0.1) is 37.8 Å². The van der Waals surface area contributed by atoms with Crippen molar-refractivity contribution in [3.63, 3.8) is 0 Å². The molecule has 1 aliphatic rings. The fourth-order valence-electron chi connectivity index (χ4n) is 3.65. The highest BCUT2D eigenvalue weighted by Gasteiger charge is 2.22. The third-order valence-corrected chi connectivity index (χ3v) is 5.39. The minimum absolute atomic E-state index is 0.0427. The molecule has 0 spiro atoms. The molecule has 5 rings (SSSR count). The van der Waals surface area contributed by atoms with E-state index in [1.807, 2.05) is 6.07 Å². The van der Waals surface area contributed by atoms with E-state index in [4.69, 9.17) is 9.47 Å². The minimum Gasteiger partial charge on any atom is -0.481 e. The zero-order chi connectivity index (χ0) is 22.8. The standard InChI is InChI=1S/C23H21FN6O3/c1-32-20-5-2-16(14-25-20)27-23-26-13-15-6-7-30(21(15)28-23)17-3-4-18(19(24)12-17)22(31)29-8-10-33-11-9-29/h2-7,12-14H,8-11H2,1H3,(H,26,27,28). The second-order valence-electron chi connectivity index (χ2n) is 7.44. The van der Waals surface area contributed by atoms with E-state index in [1.54, 1.807) is 53.4 Å². The molecule has 3 aromatic heterocycles. The molecule has 33 heavy (non-hydrogen) atoms. The number of morpholine rings is 1. The maximum Gasteiger partial charge on any atom is 0.256 e. The molecule has 0 atom stereocenters. The molecular weight excluding hydrogens is 427 g/mol. The average molecular weight is 448 g/mol. The van der Waals surface area contributed by atoms with Gasteiger partial charge in [0.2, 0.25) is 11.8 Å². The van der Waals surface area contributed by atoms with Gasteiger partial charge in [-0.3, -0.25) is 4.79 Å². The summed E-state index contributed by atoms with van der Waals surface area (Å²) in [5.74, 6) is -0.0402. The van der Waals surface area contributed by atoms with Crippen molar-refractivity contribution in [1.29, 1.82) is 0 Å². The molecule has 10 heteroatoms. The first kappa shape index (κ1) is 20.8. The molecule has 1 aliphatic heterocycles. The van der Waals surface area contributed by atoms with Crippen LogP contribution < -0.4 is 10.1 Å². The SMILES string of the molecule is COc1ccc(Nc2ncc3ccn(-c4ccc(C(=O)N5CCOCC5)c(F)c4)c3n2)cn1. The zero-order valence-corrected chi connectivity index (χ0v) is 17.9. The molecule has 168 valence electrons. The molecule has 0 saturated carbocycles. The van der Waals surface area contributed by atoms with Crippen molar-refractivity contribution in [3.8, 4) is 11.6 Å². The largest absolute Gasteiger partial charge is 0.481 e. The molecular formula is C23H21FN6O3. The van der Waals surface area contributed by atoms with Crippen molar-refractivity contribution >= 4 is 28.6 Å². The fraction of sp³-hybridized carbons (Fsp3) is 0.217. The van der Waals surface area contributed by atoms with Gasteiger partial charge in [-0.1, -0.05) is 0 Å². The monoisotopic (exact) mass is 448 g/mol. The number of rotatable bonds is 5. The number of halogens is 1. The number of aromatic nitrogens is 4. The number of nitrogens with one attached hydrogen (secondary N) is 1. The van der Waals surface area contributed by atoms with Gasteiger partial charge in [-0.2, -0.15) is 4.98 Å². The highest BCUT2D eigenvalue weighted by molar-refractivity contribution is 5.95. The number of amides is 1. The van der Waals surface area contributed by atoms with Gasteiger partial charge in [0.1, 0.15) is 11.5 Å². The quantitative estimate of drug-likeness (QED) is 0.501. The lowest BCUT2D eigenvalue weighted by molar-refractivity contribution is 0.0300. The number of hydrogen-bond acceptors (Lipinski definition) is 7. The predicted molar refractivity (Wildman–Crippen MR) is 120 cm³/mol. The molecule has 0 aliphatic carbocycles. The smallest absolute Gasteiger partial charge is 0.256 e. The molecule has 0 radical (unpaired) electrons. The number of methoxy groups -OCH3 is 1. The third-order valence-electron chi connectivity index (χ3n) is 5.39. The Labute approximate surface area is 188 Å². The van der Waals surface area contributed by atoms with Gasteiger partial charge in [-0.15, -0.1) is 0 Å². The van der Waals surface area contributed by atoms with E-state index in [1.165, 1.54) is 12.1 Å². The number of pyridine rings is 1. The summed E-state index contributed by atoms with van der Waals surface area (Å²) in [6.45, 7) is 1.84. The maximum absolute atomic E-state index is 14.9. The summed E-state index contributed by atoms with van der Waals surface area (Å²) in [6, 6.07) is 9.94. The van der Waals surface area contributed by atoms with Gasteiger partial charge in [0, 0.05) is 42.6 Å². The summed E-state index contributed by atoms with van der Waals surface area (Å²) < 4.78 is 27.0. The van der Waals surface area contributed by atoms with Crippen LogP contribution in [0, 0.1) is 5.82 Å². The van der Waals surface area contributed by atoms with Crippen molar-refractivity contribution in [1.82, 2.24) is 24.4 Å². The molecule has 9 nitrogen and oxygen atoms in total. The Kier molecular flexibility index (Phi) is 5.57. The number of fused-ring (bicyclic) bond motifs is 1. The maximum atomic E-state index is 14.9. The second kappa shape index (κ2) is 8.83. The summed E-state index contributed by atoms with van der Waals surface area (Å²) >= 11 is 0. The molecule has 0 bridgehead atoms. The number of carbonyl (C=O) groups is 1. The van der Waals surface area contributed by atoms with Gasteiger partial charge in [0.25, 0.3) is 5.91 Å².